The highest BCUT2D eigenvalue weighted by Crippen LogP contribution is 2.39. The minimum absolute atomic E-state index is 0.130. The monoisotopic (exact) mass is 247 g/mol. The smallest absolute Gasteiger partial charge is 0.0661 e. The van der Waals surface area contributed by atoms with Crippen LogP contribution >= 0.6 is 0 Å². The molecule has 2 heteroatoms. The van der Waals surface area contributed by atoms with Gasteiger partial charge in [-0.05, 0) is 43.2 Å². The van der Waals surface area contributed by atoms with Gasteiger partial charge in [-0.3, -0.25) is 0 Å². The average Bonchev–Trinajstić information content (AvgIpc) is 2.51. The van der Waals surface area contributed by atoms with E-state index in [0.717, 1.165) is 18.5 Å². The first-order chi connectivity index (χ1) is 8.55. The van der Waals surface area contributed by atoms with Crippen molar-refractivity contribution in [3.63, 3.8) is 0 Å². The Labute approximate surface area is 110 Å². The highest BCUT2D eigenvalue weighted by Gasteiger charge is 2.35. The fraction of sp³-hybridized carbons (Fsp3) is 0.625. The Bertz CT molecular complexity index is 374. The zero-order valence-corrected chi connectivity index (χ0v) is 11.6. The van der Waals surface area contributed by atoms with Crippen molar-refractivity contribution in [1.82, 2.24) is 0 Å². The van der Waals surface area contributed by atoms with Crippen molar-refractivity contribution in [2.45, 2.75) is 51.5 Å². The lowest BCUT2D eigenvalue weighted by Gasteiger charge is -2.33. The molecule has 0 bridgehead atoms. The molecule has 100 valence electrons. The predicted octanol–water partition coefficient (Wildman–Crippen LogP) is 3.82. The summed E-state index contributed by atoms with van der Waals surface area (Å²) in [6.07, 6.45) is 5.72. The lowest BCUT2D eigenvalue weighted by atomic mass is 9.83. The van der Waals surface area contributed by atoms with Crippen molar-refractivity contribution in [3.05, 3.63) is 30.3 Å². The van der Waals surface area contributed by atoms with Crippen molar-refractivity contribution < 1.29 is 5.11 Å². The third-order valence-corrected chi connectivity index (χ3v) is 4.28. The number of para-hydroxylation sites is 1. The molecule has 2 rings (SSSR count). The van der Waals surface area contributed by atoms with Gasteiger partial charge in [-0.2, -0.15) is 0 Å². The molecule has 1 aromatic carbocycles. The molecule has 18 heavy (non-hydrogen) atoms. The van der Waals surface area contributed by atoms with Crippen LogP contribution in [0.25, 0.3) is 0 Å². The Morgan fingerprint density at radius 1 is 1.06 bits per heavy atom. The van der Waals surface area contributed by atoms with Gasteiger partial charge in [-0.1, -0.05) is 38.5 Å². The molecule has 0 amide bonds. The Hall–Kier alpha value is -1.02. The van der Waals surface area contributed by atoms with Gasteiger partial charge in [0.1, 0.15) is 0 Å². The maximum Gasteiger partial charge on any atom is 0.0661 e. The molecule has 0 aromatic heterocycles. The summed E-state index contributed by atoms with van der Waals surface area (Å²) in [5.74, 6) is 0. The summed E-state index contributed by atoms with van der Waals surface area (Å²) in [6, 6.07) is 10.2. The van der Waals surface area contributed by atoms with Gasteiger partial charge in [0.2, 0.25) is 0 Å². The molecule has 2 N–H and O–H groups in total. The largest absolute Gasteiger partial charge is 0.394 e. The van der Waals surface area contributed by atoms with E-state index in [-0.39, 0.29) is 12.1 Å². The normalized spacial score (nSPS) is 27.5. The Morgan fingerprint density at radius 2 is 1.78 bits per heavy atom. The molecule has 1 atom stereocenters. The Balaban J connectivity index is 2.11. The Morgan fingerprint density at radius 3 is 2.44 bits per heavy atom. The SMILES string of the molecule is CC1(C)CCCC(CO)(Nc2ccccc2)CC1. The van der Waals surface area contributed by atoms with Crippen LogP contribution in [-0.4, -0.2) is 17.3 Å². The number of anilines is 1. The third kappa shape index (κ3) is 3.26. The summed E-state index contributed by atoms with van der Waals surface area (Å²) < 4.78 is 0. The second-order valence-electron chi connectivity index (χ2n) is 6.45. The quantitative estimate of drug-likeness (QED) is 0.796. The lowest BCUT2D eigenvalue weighted by molar-refractivity contribution is 0.191. The first-order valence-electron chi connectivity index (χ1n) is 6.99. The minimum Gasteiger partial charge on any atom is -0.394 e. The molecule has 1 aliphatic carbocycles. The Kier molecular flexibility index (Phi) is 3.96. The summed E-state index contributed by atoms with van der Waals surface area (Å²) in [4.78, 5) is 0. The van der Waals surface area contributed by atoms with E-state index in [1.165, 1.54) is 19.3 Å². The maximum absolute atomic E-state index is 9.84. The number of aliphatic hydroxyl groups excluding tert-OH is 1. The van der Waals surface area contributed by atoms with E-state index in [4.69, 9.17) is 0 Å². The topological polar surface area (TPSA) is 32.3 Å². The van der Waals surface area contributed by atoms with Crippen LogP contribution < -0.4 is 5.32 Å². The molecule has 0 spiro atoms. The first kappa shape index (κ1) is 13.4. The molecular weight excluding hydrogens is 222 g/mol. The van der Waals surface area contributed by atoms with Gasteiger partial charge < -0.3 is 10.4 Å². The predicted molar refractivity (Wildman–Crippen MR) is 76.7 cm³/mol. The van der Waals surface area contributed by atoms with Crippen LogP contribution in [0.4, 0.5) is 5.69 Å². The highest BCUT2D eigenvalue weighted by molar-refractivity contribution is 5.45. The fourth-order valence-electron chi connectivity index (χ4n) is 2.88. The number of aliphatic hydroxyl groups is 1. The van der Waals surface area contributed by atoms with Crippen LogP contribution in [0.2, 0.25) is 0 Å². The molecule has 0 saturated heterocycles. The van der Waals surface area contributed by atoms with Gasteiger partial charge in [0.25, 0.3) is 0 Å². The van der Waals surface area contributed by atoms with E-state index >= 15 is 0 Å². The van der Waals surface area contributed by atoms with Crippen LogP contribution in [0.1, 0.15) is 46.0 Å². The number of nitrogens with one attached hydrogen (secondary N) is 1. The van der Waals surface area contributed by atoms with E-state index < -0.39 is 0 Å². The molecule has 0 aliphatic heterocycles. The van der Waals surface area contributed by atoms with Crippen LogP contribution in [0, 0.1) is 5.41 Å². The summed E-state index contributed by atoms with van der Waals surface area (Å²) in [7, 11) is 0. The maximum atomic E-state index is 9.84. The van der Waals surface area contributed by atoms with E-state index in [2.05, 4.69) is 31.3 Å². The molecule has 0 radical (unpaired) electrons. The van der Waals surface area contributed by atoms with Crippen molar-refractivity contribution in [2.75, 3.05) is 11.9 Å². The summed E-state index contributed by atoms with van der Waals surface area (Å²) >= 11 is 0. The van der Waals surface area contributed by atoms with Crippen LogP contribution in [-0.2, 0) is 0 Å². The van der Waals surface area contributed by atoms with Gasteiger partial charge in [0.05, 0.1) is 12.1 Å². The molecule has 1 unspecified atom stereocenters. The van der Waals surface area contributed by atoms with Crippen LogP contribution in [0.3, 0.4) is 0 Å². The molecule has 2 nitrogen and oxygen atoms in total. The van der Waals surface area contributed by atoms with Crippen molar-refractivity contribution in [1.29, 1.82) is 0 Å². The van der Waals surface area contributed by atoms with Crippen LogP contribution in [0.15, 0.2) is 30.3 Å². The number of benzene rings is 1. The molecule has 1 saturated carbocycles. The second kappa shape index (κ2) is 5.31. The zero-order chi connectivity index (χ0) is 13.1. The fourth-order valence-corrected chi connectivity index (χ4v) is 2.88. The lowest BCUT2D eigenvalue weighted by Crippen LogP contribution is -2.41. The molecule has 1 fully saturated rings. The highest BCUT2D eigenvalue weighted by atomic mass is 16.3. The second-order valence-corrected chi connectivity index (χ2v) is 6.45. The number of hydrogen-bond donors (Lipinski definition) is 2. The van der Waals surface area contributed by atoms with E-state index in [0.29, 0.717) is 5.41 Å². The van der Waals surface area contributed by atoms with Gasteiger partial charge in [0.15, 0.2) is 0 Å². The van der Waals surface area contributed by atoms with E-state index in [9.17, 15) is 5.11 Å². The summed E-state index contributed by atoms with van der Waals surface area (Å²) in [5, 5.41) is 13.4. The molecule has 1 aromatic rings. The van der Waals surface area contributed by atoms with Gasteiger partial charge in [0, 0.05) is 5.69 Å². The third-order valence-electron chi connectivity index (χ3n) is 4.28. The van der Waals surface area contributed by atoms with Crippen LogP contribution in [0.5, 0.6) is 0 Å². The van der Waals surface area contributed by atoms with E-state index in [1.807, 2.05) is 18.2 Å². The number of rotatable bonds is 3. The van der Waals surface area contributed by atoms with Crippen molar-refractivity contribution in [2.24, 2.45) is 5.41 Å². The molecule has 0 heterocycles. The number of hydrogen-bond acceptors (Lipinski definition) is 2. The zero-order valence-electron chi connectivity index (χ0n) is 11.6. The van der Waals surface area contributed by atoms with Gasteiger partial charge >= 0.3 is 0 Å². The standard InChI is InChI=1S/C16H25NO/c1-15(2)9-6-10-16(13-18,12-11-15)17-14-7-4-3-5-8-14/h3-5,7-8,17-18H,6,9-13H2,1-2H3. The summed E-state index contributed by atoms with van der Waals surface area (Å²) in [6.45, 7) is 4.89. The van der Waals surface area contributed by atoms with E-state index in [1.54, 1.807) is 0 Å². The van der Waals surface area contributed by atoms with Gasteiger partial charge in [-0.25, -0.2) is 0 Å². The van der Waals surface area contributed by atoms with Crippen molar-refractivity contribution >= 4 is 5.69 Å². The minimum atomic E-state index is -0.130. The first-order valence-corrected chi connectivity index (χ1v) is 6.99. The van der Waals surface area contributed by atoms with Gasteiger partial charge in [-0.15, -0.1) is 0 Å². The van der Waals surface area contributed by atoms with Crippen molar-refractivity contribution in [3.8, 4) is 0 Å². The molecule has 1 aliphatic rings. The molecular formula is C16H25NO. The average molecular weight is 247 g/mol. The summed E-state index contributed by atoms with van der Waals surface area (Å²) in [5.41, 5.74) is 1.40.